The van der Waals surface area contributed by atoms with Gasteiger partial charge in [0.05, 0.1) is 11.1 Å². The Kier molecular flexibility index (Phi) is 3.89. The zero-order chi connectivity index (χ0) is 20.2. The lowest BCUT2D eigenvalue weighted by Crippen LogP contribution is -2.51. The summed E-state index contributed by atoms with van der Waals surface area (Å²) in [5.74, 6) is -1.17. The lowest BCUT2D eigenvalue weighted by molar-refractivity contribution is 0.0374. The second-order valence-corrected chi connectivity index (χ2v) is 7.32. The van der Waals surface area contributed by atoms with E-state index in [-0.39, 0.29) is 17.4 Å². The predicted molar refractivity (Wildman–Crippen MR) is 103 cm³/mol. The molecule has 6 nitrogen and oxygen atoms in total. The Labute approximate surface area is 170 Å². The molecule has 0 saturated carbocycles. The van der Waals surface area contributed by atoms with Crippen LogP contribution in [0.1, 0.15) is 31.8 Å². The average Bonchev–Trinajstić information content (AvgIpc) is 3.25. The Morgan fingerprint density at radius 2 is 1.86 bits per heavy atom. The van der Waals surface area contributed by atoms with Crippen LogP contribution in [0.25, 0.3) is 0 Å². The van der Waals surface area contributed by atoms with E-state index < -0.39 is 11.6 Å². The maximum atomic E-state index is 13.4. The molecule has 144 valence electrons. The minimum absolute atomic E-state index is 0.162. The summed E-state index contributed by atoms with van der Waals surface area (Å²) in [6.07, 6.45) is 4.39. The third-order valence-electron chi connectivity index (χ3n) is 5.47. The first-order valence-electron chi connectivity index (χ1n) is 8.99. The molecule has 0 N–H and O–H groups in total. The second kappa shape index (κ2) is 6.35. The summed E-state index contributed by atoms with van der Waals surface area (Å²) in [5, 5.41) is 0.547. The fourth-order valence-electron chi connectivity index (χ4n) is 4.27. The molecule has 2 aliphatic heterocycles. The molecule has 0 bridgehead atoms. The van der Waals surface area contributed by atoms with Gasteiger partial charge in [-0.1, -0.05) is 23.7 Å². The number of nitrogens with zero attached hydrogens (tertiary/aromatic N) is 4. The van der Waals surface area contributed by atoms with Crippen molar-refractivity contribution in [1.82, 2.24) is 19.8 Å². The van der Waals surface area contributed by atoms with Crippen LogP contribution in [0.3, 0.4) is 0 Å². The SMILES string of the molecule is O=C(c1ccc(F)nc1)N1CCN2C(=O)c3ccncc3[C@@]12c1ccc(Cl)cc1. The van der Waals surface area contributed by atoms with Crippen molar-refractivity contribution in [2.24, 2.45) is 0 Å². The molecular formula is C21H14ClFN4O2. The van der Waals surface area contributed by atoms with Crippen LogP contribution in [0.15, 0.2) is 61.1 Å². The first kappa shape index (κ1) is 17.8. The third kappa shape index (κ3) is 2.40. The number of carbonyl (C=O) groups excluding carboxylic acids is 2. The molecule has 1 fully saturated rings. The molecule has 2 amide bonds. The number of hydrogen-bond acceptors (Lipinski definition) is 4. The molecule has 0 aliphatic carbocycles. The van der Waals surface area contributed by atoms with Gasteiger partial charge in [0, 0.05) is 47.8 Å². The van der Waals surface area contributed by atoms with Gasteiger partial charge >= 0.3 is 0 Å². The van der Waals surface area contributed by atoms with Gasteiger partial charge in [-0.15, -0.1) is 0 Å². The van der Waals surface area contributed by atoms with Gasteiger partial charge in [0.25, 0.3) is 11.8 Å². The van der Waals surface area contributed by atoms with Crippen molar-refractivity contribution in [3.05, 3.63) is 94.3 Å². The van der Waals surface area contributed by atoms with E-state index in [9.17, 15) is 14.0 Å². The van der Waals surface area contributed by atoms with E-state index in [1.54, 1.807) is 52.5 Å². The fraction of sp³-hybridized carbons (Fsp3) is 0.143. The smallest absolute Gasteiger partial charge is 0.257 e. The summed E-state index contributed by atoms with van der Waals surface area (Å²) >= 11 is 6.08. The van der Waals surface area contributed by atoms with Crippen LogP contribution in [0, 0.1) is 5.95 Å². The first-order chi connectivity index (χ1) is 14.0. The van der Waals surface area contributed by atoms with Gasteiger partial charge in [0.1, 0.15) is 0 Å². The van der Waals surface area contributed by atoms with Gasteiger partial charge in [-0.25, -0.2) is 4.98 Å². The van der Waals surface area contributed by atoms with Crippen LogP contribution in [-0.2, 0) is 5.66 Å². The molecule has 1 saturated heterocycles. The Balaban J connectivity index is 1.74. The van der Waals surface area contributed by atoms with Crippen molar-refractivity contribution in [2.75, 3.05) is 13.1 Å². The minimum atomic E-state index is -1.14. The number of fused-ring (bicyclic) bond motifs is 3. The topological polar surface area (TPSA) is 66.4 Å². The van der Waals surface area contributed by atoms with Crippen LogP contribution in [0.5, 0.6) is 0 Å². The lowest BCUT2D eigenvalue weighted by Gasteiger charge is -2.40. The third-order valence-corrected chi connectivity index (χ3v) is 5.72. The van der Waals surface area contributed by atoms with Crippen LogP contribution in [0.4, 0.5) is 4.39 Å². The van der Waals surface area contributed by atoms with Crippen molar-refractivity contribution in [3.63, 3.8) is 0 Å². The minimum Gasteiger partial charge on any atom is -0.306 e. The largest absolute Gasteiger partial charge is 0.306 e. The van der Waals surface area contributed by atoms with E-state index in [0.717, 1.165) is 11.6 Å². The van der Waals surface area contributed by atoms with Gasteiger partial charge in [0.2, 0.25) is 5.95 Å². The normalized spacial score (nSPS) is 20.0. The fourth-order valence-corrected chi connectivity index (χ4v) is 4.39. The Hall–Kier alpha value is -3.32. The van der Waals surface area contributed by atoms with E-state index in [1.807, 2.05) is 0 Å². The number of carbonyl (C=O) groups is 2. The highest BCUT2D eigenvalue weighted by molar-refractivity contribution is 6.30. The van der Waals surface area contributed by atoms with Crippen LogP contribution < -0.4 is 0 Å². The number of pyridine rings is 2. The van der Waals surface area contributed by atoms with Crippen molar-refractivity contribution in [3.8, 4) is 0 Å². The number of amides is 2. The molecule has 1 atom stereocenters. The van der Waals surface area contributed by atoms with Gasteiger partial charge in [-0.2, -0.15) is 4.39 Å². The average molecular weight is 409 g/mol. The molecule has 0 radical (unpaired) electrons. The van der Waals surface area contributed by atoms with Crippen LogP contribution in [0.2, 0.25) is 5.02 Å². The maximum Gasteiger partial charge on any atom is 0.257 e. The monoisotopic (exact) mass is 408 g/mol. The zero-order valence-electron chi connectivity index (χ0n) is 15.0. The Morgan fingerprint density at radius 3 is 2.59 bits per heavy atom. The number of hydrogen-bond donors (Lipinski definition) is 0. The summed E-state index contributed by atoms with van der Waals surface area (Å²) < 4.78 is 13.3. The second-order valence-electron chi connectivity index (χ2n) is 6.88. The molecule has 0 spiro atoms. The van der Waals surface area contributed by atoms with Crippen LogP contribution >= 0.6 is 11.6 Å². The summed E-state index contributed by atoms with van der Waals surface area (Å²) in [6, 6.07) is 11.3. The molecular weight excluding hydrogens is 395 g/mol. The van der Waals surface area contributed by atoms with E-state index in [1.165, 1.54) is 12.3 Å². The van der Waals surface area contributed by atoms with Crippen molar-refractivity contribution in [2.45, 2.75) is 5.66 Å². The molecule has 2 aromatic heterocycles. The molecule has 1 aromatic carbocycles. The van der Waals surface area contributed by atoms with Gasteiger partial charge in [0.15, 0.2) is 5.66 Å². The lowest BCUT2D eigenvalue weighted by atomic mass is 9.90. The first-order valence-corrected chi connectivity index (χ1v) is 9.37. The van der Waals surface area contributed by atoms with Crippen molar-refractivity contribution < 1.29 is 14.0 Å². The molecule has 4 heterocycles. The van der Waals surface area contributed by atoms with E-state index in [4.69, 9.17) is 11.6 Å². The molecule has 5 rings (SSSR count). The molecule has 3 aromatic rings. The molecule has 0 unspecified atom stereocenters. The summed E-state index contributed by atoms with van der Waals surface area (Å²) in [6.45, 7) is 0.676. The summed E-state index contributed by atoms with van der Waals surface area (Å²) in [7, 11) is 0. The standard InChI is InChI=1S/C21H14ClFN4O2/c22-15-4-2-14(3-5-15)21-17-12-24-8-7-16(17)20(29)27(21)10-9-26(21)19(28)13-1-6-18(23)25-11-13/h1-8,11-12H,9-10H2/t21-/m0/s1. The Morgan fingerprint density at radius 1 is 1.07 bits per heavy atom. The number of aromatic nitrogens is 2. The van der Waals surface area contributed by atoms with E-state index in [0.29, 0.717) is 29.2 Å². The van der Waals surface area contributed by atoms with Crippen molar-refractivity contribution >= 4 is 23.4 Å². The quantitative estimate of drug-likeness (QED) is 0.611. The number of rotatable bonds is 2. The summed E-state index contributed by atoms with van der Waals surface area (Å²) in [4.78, 5) is 37.7. The van der Waals surface area contributed by atoms with Gasteiger partial charge in [-0.3, -0.25) is 14.6 Å². The highest BCUT2D eigenvalue weighted by Gasteiger charge is 2.59. The number of benzene rings is 1. The predicted octanol–water partition coefficient (Wildman–Crippen LogP) is 3.08. The summed E-state index contributed by atoms with van der Waals surface area (Å²) in [5.41, 5.74) is 0.962. The number of halogens is 2. The van der Waals surface area contributed by atoms with Gasteiger partial charge in [-0.05, 0) is 30.3 Å². The molecule has 8 heteroatoms. The zero-order valence-corrected chi connectivity index (χ0v) is 15.8. The van der Waals surface area contributed by atoms with Gasteiger partial charge < -0.3 is 9.80 Å². The highest BCUT2D eigenvalue weighted by Crippen LogP contribution is 2.49. The van der Waals surface area contributed by atoms with Crippen LogP contribution in [-0.4, -0.2) is 44.7 Å². The molecule has 2 aliphatic rings. The van der Waals surface area contributed by atoms with E-state index in [2.05, 4.69) is 9.97 Å². The van der Waals surface area contributed by atoms with E-state index >= 15 is 0 Å². The highest BCUT2D eigenvalue weighted by atomic mass is 35.5. The molecule has 29 heavy (non-hydrogen) atoms. The maximum absolute atomic E-state index is 13.4. The Bertz CT molecular complexity index is 1140. The van der Waals surface area contributed by atoms with Crippen molar-refractivity contribution in [1.29, 1.82) is 0 Å².